The number of amides is 2. The molecule has 7 nitrogen and oxygen atoms in total. The van der Waals surface area contributed by atoms with Gasteiger partial charge >= 0.3 is 12.1 Å². The minimum absolute atomic E-state index is 0.0451. The summed E-state index contributed by atoms with van der Waals surface area (Å²) in [4.78, 5) is 35.9. The van der Waals surface area contributed by atoms with Crippen LogP contribution in [-0.2, 0) is 19.1 Å². The van der Waals surface area contributed by atoms with Crippen LogP contribution in [0.25, 0.3) is 0 Å². The molecule has 1 rings (SSSR count). The van der Waals surface area contributed by atoms with E-state index in [-0.39, 0.29) is 18.2 Å². The van der Waals surface area contributed by atoms with E-state index in [0.29, 0.717) is 6.54 Å². The largest absolute Gasteiger partial charge is 0.467 e. The fourth-order valence-corrected chi connectivity index (χ4v) is 2.51. The van der Waals surface area contributed by atoms with Crippen molar-refractivity contribution in [2.45, 2.75) is 45.3 Å². The standard InChI is InChI=1S/C16H26N2O5/c1-6-10-7-8-17-13(19)11(10)9-12(14(20)22-5)18-15(21)23-16(2,3)4/h6,10-12H,1,7-9H2,2-5H3,(H,17,19)(H,18,21)/t10-,11-,12-/m0/s1. The smallest absolute Gasteiger partial charge is 0.408 e. The van der Waals surface area contributed by atoms with Gasteiger partial charge in [0.15, 0.2) is 0 Å². The number of rotatable bonds is 5. The van der Waals surface area contributed by atoms with Gasteiger partial charge in [-0.25, -0.2) is 9.59 Å². The van der Waals surface area contributed by atoms with Gasteiger partial charge in [-0.05, 0) is 39.5 Å². The second kappa shape index (κ2) is 7.99. The summed E-state index contributed by atoms with van der Waals surface area (Å²) in [5.74, 6) is -1.25. The number of alkyl carbamates (subject to hydrolysis) is 1. The molecule has 2 amide bonds. The predicted octanol–water partition coefficient (Wildman–Crippen LogP) is 1.38. The van der Waals surface area contributed by atoms with Crippen molar-refractivity contribution < 1.29 is 23.9 Å². The Bertz CT molecular complexity index is 470. The number of carbonyl (C=O) groups excluding carboxylic acids is 3. The molecular weight excluding hydrogens is 300 g/mol. The minimum Gasteiger partial charge on any atom is -0.467 e. The molecule has 0 aromatic rings. The Balaban J connectivity index is 2.81. The molecule has 0 aromatic carbocycles. The third-order valence-corrected chi connectivity index (χ3v) is 3.60. The fraction of sp³-hybridized carbons (Fsp3) is 0.688. The maximum atomic E-state index is 12.1. The molecule has 0 aliphatic carbocycles. The molecule has 0 spiro atoms. The van der Waals surface area contributed by atoms with Crippen LogP contribution in [0.15, 0.2) is 12.7 Å². The van der Waals surface area contributed by atoms with E-state index in [1.807, 2.05) is 0 Å². The van der Waals surface area contributed by atoms with E-state index in [9.17, 15) is 14.4 Å². The first-order valence-corrected chi connectivity index (χ1v) is 7.65. The third kappa shape index (κ3) is 5.92. The third-order valence-electron chi connectivity index (χ3n) is 3.60. The normalized spacial score (nSPS) is 22.5. The Labute approximate surface area is 136 Å². The molecular formula is C16H26N2O5. The number of hydrogen-bond donors (Lipinski definition) is 2. The zero-order valence-corrected chi connectivity index (χ0v) is 14.2. The van der Waals surface area contributed by atoms with Crippen molar-refractivity contribution in [3.63, 3.8) is 0 Å². The number of hydrogen-bond acceptors (Lipinski definition) is 5. The number of esters is 1. The highest BCUT2D eigenvalue weighted by Gasteiger charge is 2.36. The van der Waals surface area contributed by atoms with E-state index >= 15 is 0 Å². The van der Waals surface area contributed by atoms with Crippen molar-refractivity contribution in [2.75, 3.05) is 13.7 Å². The summed E-state index contributed by atoms with van der Waals surface area (Å²) >= 11 is 0. The lowest BCUT2D eigenvalue weighted by molar-refractivity contribution is -0.144. The Hall–Kier alpha value is -2.05. The number of carbonyl (C=O) groups is 3. The van der Waals surface area contributed by atoms with Gasteiger partial charge in [-0.3, -0.25) is 4.79 Å². The van der Waals surface area contributed by atoms with Crippen molar-refractivity contribution in [3.05, 3.63) is 12.7 Å². The van der Waals surface area contributed by atoms with Crippen LogP contribution in [0.2, 0.25) is 0 Å². The fourth-order valence-electron chi connectivity index (χ4n) is 2.51. The first kappa shape index (κ1) is 19.0. The molecule has 2 N–H and O–H groups in total. The predicted molar refractivity (Wildman–Crippen MR) is 84.6 cm³/mol. The first-order chi connectivity index (χ1) is 10.7. The van der Waals surface area contributed by atoms with Crippen LogP contribution < -0.4 is 10.6 Å². The van der Waals surface area contributed by atoms with E-state index in [2.05, 4.69) is 17.2 Å². The molecule has 1 aliphatic heterocycles. The molecule has 0 bridgehead atoms. The molecule has 23 heavy (non-hydrogen) atoms. The maximum absolute atomic E-state index is 12.1. The molecule has 3 atom stereocenters. The van der Waals surface area contributed by atoms with Gasteiger partial charge in [-0.15, -0.1) is 6.58 Å². The second-order valence-electron chi connectivity index (χ2n) is 6.54. The Morgan fingerprint density at radius 3 is 2.65 bits per heavy atom. The number of piperidine rings is 1. The summed E-state index contributed by atoms with van der Waals surface area (Å²) in [7, 11) is 1.23. The van der Waals surface area contributed by atoms with E-state index in [1.54, 1.807) is 26.8 Å². The van der Waals surface area contributed by atoms with E-state index in [4.69, 9.17) is 9.47 Å². The van der Waals surface area contributed by atoms with E-state index < -0.39 is 29.6 Å². The Kier molecular flexibility index (Phi) is 6.60. The number of ether oxygens (including phenoxy) is 2. The highest BCUT2D eigenvalue weighted by molar-refractivity contribution is 5.84. The molecule has 0 saturated carbocycles. The van der Waals surface area contributed by atoms with Crippen LogP contribution in [0.1, 0.15) is 33.6 Å². The van der Waals surface area contributed by atoms with Gasteiger partial charge in [0, 0.05) is 12.5 Å². The summed E-state index contributed by atoms with van der Waals surface area (Å²) in [6.45, 7) is 9.49. The monoisotopic (exact) mass is 326 g/mol. The summed E-state index contributed by atoms with van der Waals surface area (Å²) in [5.41, 5.74) is -0.684. The Morgan fingerprint density at radius 2 is 2.13 bits per heavy atom. The lowest BCUT2D eigenvalue weighted by Gasteiger charge is -2.31. The Morgan fingerprint density at radius 1 is 1.48 bits per heavy atom. The van der Waals surface area contributed by atoms with Gasteiger partial charge < -0.3 is 20.1 Å². The maximum Gasteiger partial charge on any atom is 0.408 e. The number of methoxy groups -OCH3 is 1. The second-order valence-corrected chi connectivity index (χ2v) is 6.54. The molecule has 1 heterocycles. The summed E-state index contributed by atoms with van der Waals surface area (Å²) in [6, 6.07) is -0.953. The average molecular weight is 326 g/mol. The van der Waals surface area contributed by atoms with Crippen LogP contribution in [0.5, 0.6) is 0 Å². The van der Waals surface area contributed by atoms with Crippen molar-refractivity contribution in [2.24, 2.45) is 11.8 Å². The summed E-state index contributed by atoms with van der Waals surface area (Å²) in [6.07, 6.45) is 1.87. The molecule has 7 heteroatoms. The minimum atomic E-state index is -0.953. The molecule has 0 aromatic heterocycles. The van der Waals surface area contributed by atoms with Crippen LogP contribution in [0.3, 0.4) is 0 Å². The molecule has 1 fully saturated rings. The average Bonchev–Trinajstić information content (AvgIpc) is 2.45. The van der Waals surface area contributed by atoms with Crippen molar-refractivity contribution in [1.82, 2.24) is 10.6 Å². The van der Waals surface area contributed by atoms with Crippen molar-refractivity contribution >= 4 is 18.0 Å². The van der Waals surface area contributed by atoms with Crippen LogP contribution in [0.4, 0.5) is 4.79 Å². The molecule has 0 unspecified atom stereocenters. The quantitative estimate of drug-likeness (QED) is 0.588. The highest BCUT2D eigenvalue weighted by atomic mass is 16.6. The lowest BCUT2D eigenvalue weighted by Crippen LogP contribution is -2.49. The van der Waals surface area contributed by atoms with Crippen LogP contribution >= 0.6 is 0 Å². The van der Waals surface area contributed by atoms with Gasteiger partial charge in [0.2, 0.25) is 5.91 Å². The zero-order chi connectivity index (χ0) is 17.6. The van der Waals surface area contributed by atoms with Gasteiger partial charge in [0.1, 0.15) is 11.6 Å². The van der Waals surface area contributed by atoms with E-state index in [1.165, 1.54) is 7.11 Å². The molecule has 130 valence electrons. The van der Waals surface area contributed by atoms with Gasteiger partial charge in [-0.2, -0.15) is 0 Å². The topological polar surface area (TPSA) is 93.7 Å². The molecule has 1 aliphatic rings. The lowest BCUT2D eigenvalue weighted by atomic mass is 9.81. The SMILES string of the molecule is C=C[C@H]1CCNC(=O)[C@H]1C[C@H](NC(=O)OC(C)(C)C)C(=O)OC. The van der Waals surface area contributed by atoms with Gasteiger partial charge in [0.25, 0.3) is 0 Å². The van der Waals surface area contributed by atoms with Gasteiger partial charge in [-0.1, -0.05) is 6.08 Å². The van der Waals surface area contributed by atoms with Crippen LogP contribution in [-0.4, -0.2) is 43.3 Å². The van der Waals surface area contributed by atoms with E-state index in [0.717, 1.165) is 6.42 Å². The first-order valence-electron chi connectivity index (χ1n) is 7.65. The highest BCUT2D eigenvalue weighted by Crippen LogP contribution is 2.26. The number of nitrogens with one attached hydrogen (secondary N) is 2. The molecule has 0 radical (unpaired) electrons. The molecule has 1 saturated heterocycles. The van der Waals surface area contributed by atoms with Gasteiger partial charge in [0.05, 0.1) is 7.11 Å². The summed E-state index contributed by atoms with van der Waals surface area (Å²) < 4.78 is 9.88. The van der Waals surface area contributed by atoms with Crippen LogP contribution in [0, 0.1) is 11.8 Å². The van der Waals surface area contributed by atoms with Crippen molar-refractivity contribution in [1.29, 1.82) is 0 Å². The zero-order valence-electron chi connectivity index (χ0n) is 14.2. The van der Waals surface area contributed by atoms with Crippen molar-refractivity contribution in [3.8, 4) is 0 Å². The number of allylic oxidation sites excluding steroid dienone is 1. The summed E-state index contributed by atoms with van der Waals surface area (Å²) in [5, 5.41) is 5.25.